The van der Waals surface area contributed by atoms with Gasteiger partial charge in [0.2, 0.25) is 10.0 Å². The van der Waals surface area contributed by atoms with E-state index in [-0.39, 0.29) is 24.5 Å². The molecule has 1 fully saturated rings. The average Bonchev–Trinajstić information content (AvgIpc) is 2.13. The van der Waals surface area contributed by atoms with Crippen LogP contribution in [-0.2, 0) is 21.2 Å². The van der Waals surface area contributed by atoms with Crippen LogP contribution >= 0.6 is 0 Å². The maximum atomic E-state index is 11.4. The molecule has 0 amide bonds. The molecule has 1 heterocycles. The van der Waals surface area contributed by atoms with Crippen molar-refractivity contribution >= 4 is 10.0 Å². The van der Waals surface area contributed by atoms with E-state index in [1.807, 2.05) is 6.92 Å². The number of rotatable bonds is 3. The standard InChI is InChI=1S/C11H15NO4S/c1-8-2-3-10(17(12,14)15)9(4-8)5-11(13)6-16-7-11/h2-4,13H,5-7H2,1H3,(H2,12,14,15). The van der Waals surface area contributed by atoms with E-state index in [1.165, 1.54) is 6.07 Å². The third-order valence-electron chi connectivity index (χ3n) is 2.78. The van der Waals surface area contributed by atoms with Gasteiger partial charge in [0.25, 0.3) is 0 Å². The molecule has 0 unspecified atom stereocenters. The van der Waals surface area contributed by atoms with Crippen LogP contribution in [0.2, 0.25) is 0 Å². The van der Waals surface area contributed by atoms with Gasteiger partial charge >= 0.3 is 0 Å². The van der Waals surface area contributed by atoms with Gasteiger partial charge < -0.3 is 9.84 Å². The number of sulfonamides is 1. The molecule has 0 bridgehead atoms. The molecule has 1 saturated heterocycles. The van der Waals surface area contributed by atoms with Crippen LogP contribution in [0.5, 0.6) is 0 Å². The van der Waals surface area contributed by atoms with Crippen molar-refractivity contribution in [2.24, 2.45) is 5.14 Å². The number of ether oxygens (including phenoxy) is 1. The summed E-state index contributed by atoms with van der Waals surface area (Å²) in [5.41, 5.74) is 0.502. The SMILES string of the molecule is Cc1ccc(S(N)(=O)=O)c(CC2(O)COC2)c1. The van der Waals surface area contributed by atoms with Gasteiger partial charge in [-0.2, -0.15) is 0 Å². The molecule has 2 rings (SSSR count). The topological polar surface area (TPSA) is 89.6 Å². The number of aryl methyl sites for hydroxylation is 1. The van der Waals surface area contributed by atoms with Crippen LogP contribution < -0.4 is 5.14 Å². The van der Waals surface area contributed by atoms with E-state index in [9.17, 15) is 13.5 Å². The highest BCUT2D eigenvalue weighted by Crippen LogP contribution is 2.26. The number of aliphatic hydroxyl groups is 1. The second-order valence-corrected chi connectivity index (χ2v) is 6.08. The fourth-order valence-corrected chi connectivity index (χ4v) is 2.67. The minimum atomic E-state index is -3.76. The number of benzene rings is 1. The second-order valence-electron chi connectivity index (χ2n) is 4.55. The Morgan fingerprint density at radius 1 is 1.47 bits per heavy atom. The van der Waals surface area contributed by atoms with Gasteiger partial charge in [-0.25, -0.2) is 13.6 Å². The van der Waals surface area contributed by atoms with E-state index in [0.29, 0.717) is 5.56 Å². The van der Waals surface area contributed by atoms with Gasteiger partial charge in [0.1, 0.15) is 5.60 Å². The summed E-state index contributed by atoms with van der Waals surface area (Å²) in [7, 11) is -3.76. The molecule has 0 aliphatic carbocycles. The predicted molar refractivity (Wildman–Crippen MR) is 62.0 cm³/mol. The molecule has 94 valence electrons. The van der Waals surface area contributed by atoms with Gasteiger partial charge in [0.15, 0.2) is 0 Å². The maximum absolute atomic E-state index is 11.4. The summed E-state index contributed by atoms with van der Waals surface area (Å²) < 4.78 is 27.8. The summed E-state index contributed by atoms with van der Waals surface area (Å²) in [6.07, 6.45) is 0.237. The van der Waals surface area contributed by atoms with E-state index >= 15 is 0 Å². The van der Waals surface area contributed by atoms with E-state index in [1.54, 1.807) is 12.1 Å². The van der Waals surface area contributed by atoms with Crippen molar-refractivity contribution in [3.63, 3.8) is 0 Å². The fourth-order valence-electron chi connectivity index (χ4n) is 1.92. The summed E-state index contributed by atoms with van der Waals surface area (Å²) in [5, 5.41) is 15.1. The lowest BCUT2D eigenvalue weighted by atomic mass is 9.92. The van der Waals surface area contributed by atoms with Crippen molar-refractivity contribution in [1.82, 2.24) is 0 Å². The molecule has 0 radical (unpaired) electrons. The van der Waals surface area contributed by atoms with Gasteiger partial charge in [0.05, 0.1) is 18.1 Å². The predicted octanol–water partition coefficient (Wildman–Crippen LogP) is -0.0538. The molecule has 1 aromatic rings. The molecule has 17 heavy (non-hydrogen) atoms. The molecule has 0 saturated carbocycles. The molecule has 6 heteroatoms. The van der Waals surface area contributed by atoms with Crippen LogP contribution in [0.1, 0.15) is 11.1 Å². The molecular formula is C11H15NO4S. The smallest absolute Gasteiger partial charge is 0.238 e. The molecule has 1 aliphatic rings. The molecule has 0 atom stereocenters. The lowest BCUT2D eigenvalue weighted by molar-refractivity contribution is -0.176. The highest BCUT2D eigenvalue weighted by atomic mass is 32.2. The van der Waals surface area contributed by atoms with Crippen LogP contribution in [0, 0.1) is 6.92 Å². The zero-order valence-corrected chi connectivity index (χ0v) is 10.3. The van der Waals surface area contributed by atoms with Crippen molar-refractivity contribution < 1.29 is 18.3 Å². The highest BCUT2D eigenvalue weighted by molar-refractivity contribution is 7.89. The molecular weight excluding hydrogens is 242 g/mol. The van der Waals surface area contributed by atoms with Crippen molar-refractivity contribution in [2.45, 2.75) is 23.8 Å². The first-order valence-electron chi connectivity index (χ1n) is 5.23. The quantitative estimate of drug-likeness (QED) is 0.794. The Labute approximate surface area is 100 Å². The first-order valence-corrected chi connectivity index (χ1v) is 6.77. The summed E-state index contributed by atoms with van der Waals surface area (Å²) >= 11 is 0. The van der Waals surface area contributed by atoms with Gasteiger partial charge in [-0.05, 0) is 18.6 Å². The van der Waals surface area contributed by atoms with Gasteiger partial charge in [-0.1, -0.05) is 17.7 Å². The van der Waals surface area contributed by atoms with E-state index in [0.717, 1.165) is 5.56 Å². The zero-order valence-electron chi connectivity index (χ0n) is 9.51. The monoisotopic (exact) mass is 257 g/mol. The maximum Gasteiger partial charge on any atom is 0.238 e. The minimum absolute atomic E-state index is 0.0726. The Bertz CT molecular complexity index is 534. The largest absolute Gasteiger partial charge is 0.385 e. The molecule has 1 aliphatic heterocycles. The van der Waals surface area contributed by atoms with Crippen LogP contribution in [0.3, 0.4) is 0 Å². The Balaban J connectivity index is 2.40. The number of hydrogen-bond donors (Lipinski definition) is 2. The second kappa shape index (κ2) is 4.06. The van der Waals surface area contributed by atoms with Crippen molar-refractivity contribution in [1.29, 1.82) is 0 Å². The fraction of sp³-hybridized carbons (Fsp3) is 0.455. The Hall–Kier alpha value is -0.950. The molecule has 3 N–H and O–H groups in total. The van der Waals surface area contributed by atoms with E-state index in [4.69, 9.17) is 9.88 Å². The number of primary sulfonamides is 1. The Kier molecular flexibility index (Phi) is 2.99. The summed E-state index contributed by atoms with van der Waals surface area (Å²) in [6, 6.07) is 4.89. The van der Waals surface area contributed by atoms with Crippen LogP contribution in [-0.4, -0.2) is 32.3 Å². The first-order chi connectivity index (χ1) is 7.80. The lowest BCUT2D eigenvalue weighted by Crippen LogP contribution is -2.51. The molecule has 5 nitrogen and oxygen atoms in total. The molecule has 1 aromatic carbocycles. The Morgan fingerprint density at radius 3 is 2.59 bits per heavy atom. The van der Waals surface area contributed by atoms with Gasteiger partial charge in [-0.15, -0.1) is 0 Å². The van der Waals surface area contributed by atoms with Crippen LogP contribution in [0.25, 0.3) is 0 Å². The van der Waals surface area contributed by atoms with Crippen LogP contribution in [0.15, 0.2) is 23.1 Å². The highest BCUT2D eigenvalue weighted by Gasteiger charge is 2.37. The summed E-state index contributed by atoms with van der Waals surface area (Å²) in [5.74, 6) is 0. The normalized spacial score (nSPS) is 18.8. The minimum Gasteiger partial charge on any atom is -0.385 e. The van der Waals surface area contributed by atoms with Gasteiger partial charge in [0, 0.05) is 6.42 Å². The third kappa shape index (κ3) is 2.66. The summed E-state index contributed by atoms with van der Waals surface area (Å²) in [6.45, 7) is 2.31. The van der Waals surface area contributed by atoms with Gasteiger partial charge in [-0.3, -0.25) is 0 Å². The molecule has 0 spiro atoms. The first kappa shape index (κ1) is 12.5. The van der Waals surface area contributed by atoms with E-state index in [2.05, 4.69) is 0 Å². The van der Waals surface area contributed by atoms with Crippen molar-refractivity contribution in [3.05, 3.63) is 29.3 Å². The average molecular weight is 257 g/mol. The Morgan fingerprint density at radius 2 is 2.12 bits per heavy atom. The molecule has 0 aromatic heterocycles. The van der Waals surface area contributed by atoms with E-state index < -0.39 is 15.6 Å². The number of hydrogen-bond acceptors (Lipinski definition) is 4. The third-order valence-corrected chi connectivity index (χ3v) is 3.79. The van der Waals surface area contributed by atoms with Crippen molar-refractivity contribution in [2.75, 3.05) is 13.2 Å². The lowest BCUT2D eigenvalue weighted by Gasteiger charge is -2.36. The van der Waals surface area contributed by atoms with Crippen LogP contribution in [0.4, 0.5) is 0 Å². The summed E-state index contributed by atoms with van der Waals surface area (Å²) in [4.78, 5) is 0.0726. The van der Waals surface area contributed by atoms with Crippen molar-refractivity contribution in [3.8, 4) is 0 Å². The zero-order chi connectivity index (χ0) is 12.7. The number of nitrogens with two attached hydrogens (primary N) is 1.